The van der Waals surface area contributed by atoms with Crippen molar-refractivity contribution in [2.45, 2.75) is 43.9 Å². The van der Waals surface area contributed by atoms with Gasteiger partial charge in [0.15, 0.2) is 0 Å². The number of carbonyl (C=O) groups excluding carboxylic acids is 3. The fourth-order valence-electron chi connectivity index (χ4n) is 3.87. The molecule has 1 saturated heterocycles. The second kappa shape index (κ2) is 9.18. The highest BCUT2D eigenvalue weighted by Crippen LogP contribution is 2.38. The number of rotatable bonds is 7. The molecule has 6 nitrogen and oxygen atoms in total. The van der Waals surface area contributed by atoms with Crippen LogP contribution in [0.25, 0.3) is 0 Å². The van der Waals surface area contributed by atoms with E-state index in [0.29, 0.717) is 18.0 Å². The molecule has 152 valence electrons. The van der Waals surface area contributed by atoms with Crippen molar-refractivity contribution < 1.29 is 14.4 Å². The maximum Gasteiger partial charge on any atom is 0.325 e. The minimum absolute atomic E-state index is 0.0926. The molecule has 1 heterocycles. The van der Waals surface area contributed by atoms with Crippen molar-refractivity contribution in [3.05, 3.63) is 34.9 Å². The van der Waals surface area contributed by atoms with E-state index in [1.807, 2.05) is 31.2 Å². The Morgan fingerprint density at radius 2 is 2.07 bits per heavy atom. The van der Waals surface area contributed by atoms with Gasteiger partial charge in [-0.05, 0) is 36.5 Å². The summed E-state index contributed by atoms with van der Waals surface area (Å²) in [4.78, 5) is 38.4. The third-order valence-electron chi connectivity index (χ3n) is 5.55. The van der Waals surface area contributed by atoms with Crippen LogP contribution in [0.4, 0.5) is 4.79 Å². The van der Waals surface area contributed by atoms with Crippen LogP contribution in [-0.4, -0.2) is 47.1 Å². The Bertz CT molecular complexity index is 743. The van der Waals surface area contributed by atoms with Crippen LogP contribution < -0.4 is 10.6 Å². The lowest BCUT2D eigenvalue weighted by atomic mass is 9.73. The highest BCUT2D eigenvalue weighted by atomic mass is 35.5. The van der Waals surface area contributed by atoms with Crippen LogP contribution in [0.15, 0.2) is 24.3 Å². The molecule has 1 spiro atoms. The SMILES string of the molecule is C[C@H]1CCCC[C@@]12NC(=O)N(CC(=O)NCCSCc1ccc(Cl)cc1)C2=O. The molecular formula is C20H26ClN3O3S. The normalized spacial score (nSPS) is 24.5. The van der Waals surface area contributed by atoms with Gasteiger partial charge in [0.2, 0.25) is 5.91 Å². The number of benzene rings is 1. The Labute approximate surface area is 174 Å². The van der Waals surface area contributed by atoms with E-state index >= 15 is 0 Å². The lowest BCUT2D eigenvalue weighted by Crippen LogP contribution is -2.54. The van der Waals surface area contributed by atoms with Gasteiger partial charge >= 0.3 is 6.03 Å². The van der Waals surface area contributed by atoms with E-state index in [9.17, 15) is 14.4 Å². The molecule has 1 aliphatic carbocycles. The number of urea groups is 1. The Morgan fingerprint density at radius 1 is 1.32 bits per heavy atom. The van der Waals surface area contributed by atoms with Crippen LogP contribution in [0.2, 0.25) is 5.02 Å². The van der Waals surface area contributed by atoms with Crippen LogP contribution in [0.1, 0.15) is 38.2 Å². The zero-order chi connectivity index (χ0) is 20.1. The van der Waals surface area contributed by atoms with Gasteiger partial charge in [0.05, 0.1) is 0 Å². The van der Waals surface area contributed by atoms with Crippen molar-refractivity contribution in [1.82, 2.24) is 15.5 Å². The van der Waals surface area contributed by atoms with Gasteiger partial charge in [-0.15, -0.1) is 0 Å². The van der Waals surface area contributed by atoms with E-state index in [2.05, 4.69) is 10.6 Å². The van der Waals surface area contributed by atoms with Gasteiger partial charge in [-0.1, -0.05) is 43.5 Å². The largest absolute Gasteiger partial charge is 0.354 e. The van der Waals surface area contributed by atoms with Crippen molar-refractivity contribution >= 4 is 41.2 Å². The summed E-state index contributed by atoms with van der Waals surface area (Å²) >= 11 is 7.56. The molecule has 0 bridgehead atoms. The lowest BCUT2D eigenvalue weighted by Gasteiger charge is -2.36. The van der Waals surface area contributed by atoms with Crippen LogP contribution in [0.5, 0.6) is 0 Å². The highest BCUT2D eigenvalue weighted by Gasteiger charge is 2.55. The Kier molecular flexibility index (Phi) is 6.88. The molecule has 0 aromatic heterocycles. The number of amides is 4. The van der Waals surface area contributed by atoms with Crippen LogP contribution in [0.3, 0.4) is 0 Å². The number of hydrogen-bond acceptors (Lipinski definition) is 4. The van der Waals surface area contributed by atoms with Crippen molar-refractivity contribution in [1.29, 1.82) is 0 Å². The summed E-state index contributed by atoms with van der Waals surface area (Å²) in [6.07, 6.45) is 3.55. The van der Waals surface area contributed by atoms with Crippen LogP contribution in [0, 0.1) is 5.92 Å². The first-order chi connectivity index (χ1) is 13.4. The minimum atomic E-state index is -0.815. The van der Waals surface area contributed by atoms with Crippen molar-refractivity contribution in [2.24, 2.45) is 5.92 Å². The summed E-state index contributed by atoms with van der Waals surface area (Å²) in [6, 6.07) is 7.22. The molecule has 2 atom stereocenters. The Hall–Kier alpha value is -1.73. The number of imide groups is 1. The third-order valence-corrected chi connectivity index (χ3v) is 6.84. The summed E-state index contributed by atoms with van der Waals surface area (Å²) in [7, 11) is 0. The van der Waals surface area contributed by atoms with Crippen LogP contribution in [-0.2, 0) is 15.3 Å². The van der Waals surface area contributed by atoms with Gasteiger partial charge in [-0.2, -0.15) is 11.8 Å². The average Bonchev–Trinajstić information content (AvgIpc) is 2.90. The smallest absolute Gasteiger partial charge is 0.325 e. The number of thioether (sulfide) groups is 1. The van der Waals surface area contributed by atoms with E-state index in [4.69, 9.17) is 11.6 Å². The predicted octanol–water partition coefficient (Wildman–Crippen LogP) is 3.19. The summed E-state index contributed by atoms with van der Waals surface area (Å²) in [6.45, 7) is 2.27. The molecule has 1 aromatic carbocycles. The molecule has 1 aliphatic heterocycles. The molecule has 8 heteroatoms. The predicted molar refractivity (Wildman–Crippen MR) is 111 cm³/mol. The van der Waals surface area contributed by atoms with Crippen molar-refractivity contribution in [3.8, 4) is 0 Å². The number of carbonyl (C=O) groups is 3. The molecular weight excluding hydrogens is 398 g/mol. The number of nitrogens with one attached hydrogen (secondary N) is 2. The first-order valence-corrected chi connectivity index (χ1v) is 11.2. The Morgan fingerprint density at radius 3 is 2.79 bits per heavy atom. The third kappa shape index (κ3) is 4.63. The van der Waals surface area contributed by atoms with Crippen molar-refractivity contribution in [3.63, 3.8) is 0 Å². The van der Waals surface area contributed by atoms with Crippen molar-refractivity contribution in [2.75, 3.05) is 18.8 Å². The summed E-state index contributed by atoms with van der Waals surface area (Å²) in [5, 5.41) is 6.37. The monoisotopic (exact) mass is 423 g/mol. The highest BCUT2D eigenvalue weighted by molar-refractivity contribution is 7.98. The first-order valence-electron chi connectivity index (χ1n) is 9.65. The van der Waals surface area contributed by atoms with Gasteiger partial charge in [-0.3, -0.25) is 14.5 Å². The van der Waals surface area contributed by atoms with Gasteiger partial charge in [0.25, 0.3) is 5.91 Å². The Balaban J connectivity index is 1.41. The molecule has 0 unspecified atom stereocenters. The second-order valence-corrected chi connectivity index (χ2v) is 9.01. The summed E-state index contributed by atoms with van der Waals surface area (Å²) < 4.78 is 0. The zero-order valence-electron chi connectivity index (χ0n) is 16.0. The number of hydrogen-bond donors (Lipinski definition) is 2. The molecule has 2 aliphatic rings. The molecule has 3 rings (SSSR count). The first kappa shape index (κ1) is 21.0. The minimum Gasteiger partial charge on any atom is -0.354 e. The lowest BCUT2D eigenvalue weighted by molar-refractivity contribution is -0.137. The van der Waals surface area contributed by atoms with E-state index in [-0.39, 0.29) is 24.3 Å². The number of halogens is 1. The van der Waals surface area contributed by atoms with E-state index in [0.717, 1.165) is 35.7 Å². The molecule has 28 heavy (non-hydrogen) atoms. The molecule has 1 saturated carbocycles. The molecule has 4 amide bonds. The van der Waals surface area contributed by atoms with E-state index in [1.54, 1.807) is 11.8 Å². The topological polar surface area (TPSA) is 78.5 Å². The average molecular weight is 424 g/mol. The fraction of sp³-hybridized carbons (Fsp3) is 0.550. The summed E-state index contributed by atoms with van der Waals surface area (Å²) in [5.74, 6) is 1.11. The van der Waals surface area contributed by atoms with Crippen LogP contribution >= 0.6 is 23.4 Å². The van der Waals surface area contributed by atoms with E-state index in [1.165, 1.54) is 5.56 Å². The van der Waals surface area contributed by atoms with Gasteiger partial charge in [-0.25, -0.2) is 4.79 Å². The molecule has 0 radical (unpaired) electrons. The quantitative estimate of drug-likeness (QED) is 0.521. The van der Waals surface area contributed by atoms with Gasteiger partial charge < -0.3 is 10.6 Å². The second-order valence-electron chi connectivity index (χ2n) is 7.47. The maximum absolute atomic E-state index is 12.8. The summed E-state index contributed by atoms with van der Waals surface area (Å²) in [5.41, 5.74) is 0.358. The standard InChI is InChI=1S/C20H26ClN3O3S/c1-14-4-2-3-9-20(14)18(26)24(19(27)23-20)12-17(25)22-10-11-28-13-15-5-7-16(21)8-6-15/h5-8,14H,2-4,9-13H2,1H3,(H,22,25)(H,23,27)/t14-,20+/m0/s1. The fourth-order valence-corrected chi connectivity index (χ4v) is 4.82. The van der Waals surface area contributed by atoms with E-state index < -0.39 is 11.6 Å². The van der Waals surface area contributed by atoms with Gasteiger partial charge in [0, 0.05) is 23.1 Å². The van der Waals surface area contributed by atoms with Gasteiger partial charge in [0.1, 0.15) is 12.1 Å². The molecule has 2 fully saturated rings. The maximum atomic E-state index is 12.8. The zero-order valence-corrected chi connectivity index (χ0v) is 17.6. The molecule has 1 aromatic rings. The molecule has 2 N–H and O–H groups in total. The number of nitrogens with zero attached hydrogens (tertiary/aromatic N) is 1.